The molecule has 1 aromatic heterocycles. The third kappa shape index (κ3) is 4.29. The second-order valence-electron chi connectivity index (χ2n) is 6.56. The average molecular weight is 271 g/mol. The smallest absolute Gasteiger partial charge is 0.0346 e. The molecule has 0 aliphatic rings. The third-order valence-corrected chi connectivity index (χ3v) is 3.38. The minimum Gasteiger partial charge on any atom is -0.312 e. The van der Waals surface area contributed by atoms with Crippen LogP contribution in [0.4, 0.5) is 0 Å². The SMILES string of the molecule is CN(C)CC(C)(C)CNCc1ccc2cnccc2c1. The highest BCUT2D eigenvalue weighted by molar-refractivity contribution is 5.81. The number of pyridine rings is 1. The van der Waals surface area contributed by atoms with Crippen LogP contribution in [0.5, 0.6) is 0 Å². The molecule has 20 heavy (non-hydrogen) atoms. The lowest BCUT2D eigenvalue weighted by Gasteiger charge is -2.28. The second-order valence-corrected chi connectivity index (χ2v) is 6.56. The van der Waals surface area contributed by atoms with Crippen molar-refractivity contribution in [1.82, 2.24) is 15.2 Å². The summed E-state index contributed by atoms with van der Waals surface area (Å²) in [5, 5.41) is 6.02. The van der Waals surface area contributed by atoms with Crippen molar-refractivity contribution in [3.8, 4) is 0 Å². The van der Waals surface area contributed by atoms with E-state index in [-0.39, 0.29) is 5.41 Å². The number of nitrogens with one attached hydrogen (secondary N) is 1. The number of benzene rings is 1. The maximum Gasteiger partial charge on any atom is 0.0346 e. The minimum atomic E-state index is 0.282. The Balaban J connectivity index is 1.92. The summed E-state index contributed by atoms with van der Waals surface area (Å²) in [5.41, 5.74) is 1.61. The van der Waals surface area contributed by atoms with Gasteiger partial charge in [-0.15, -0.1) is 0 Å². The van der Waals surface area contributed by atoms with Crippen LogP contribution in [-0.4, -0.2) is 37.1 Å². The summed E-state index contributed by atoms with van der Waals surface area (Å²) < 4.78 is 0. The maximum atomic E-state index is 4.14. The molecule has 1 heterocycles. The van der Waals surface area contributed by atoms with Gasteiger partial charge in [0.1, 0.15) is 0 Å². The lowest BCUT2D eigenvalue weighted by molar-refractivity contribution is 0.232. The van der Waals surface area contributed by atoms with Crippen molar-refractivity contribution in [3.63, 3.8) is 0 Å². The highest BCUT2D eigenvalue weighted by atomic mass is 15.1. The Labute approximate surface area is 122 Å². The molecule has 0 saturated heterocycles. The standard InChI is InChI=1S/C17H25N3/c1-17(2,13-20(3)4)12-19-10-14-5-6-16-11-18-8-7-15(16)9-14/h5-9,11,19H,10,12-13H2,1-4H3. The van der Waals surface area contributed by atoms with E-state index in [0.717, 1.165) is 19.6 Å². The Morgan fingerprint density at radius 3 is 2.70 bits per heavy atom. The Morgan fingerprint density at radius 2 is 1.95 bits per heavy atom. The summed E-state index contributed by atoms with van der Waals surface area (Å²) in [6, 6.07) is 8.62. The number of rotatable bonds is 6. The number of hydrogen-bond acceptors (Lipinski definition) is 3. The van der Waals surface area contributed by atoms with Crippen LogP contribution < -0.4 is 5.32 Å². The van der Waals surface area contributed by atoms with Gasteiger partial charge in [-0.25, -0.2) is 0 Å². The van der Waals surface area contributed by atoms with Crippen molar-refractivity contribution >= 4 is 10.8 Å². The number of nitrogens with zero attached hydrogens (tertiary/aromatic N) is 2. The van der Waals surface area contributed by atoms with Crippen LogP contribution in [0.25, 0.3) is 10.8 Å². The Bertz CT molecular complexity index is 561. The van der Waals surface area contributed by atoms with Gasteiger partial charge in [-0.2, -0.15) is 0 Å². The molecule has 3 nitrogen and oxygen atoms in total. The molecule has 108 valence electrons. The molecule has 0 aliphatic heterocycles. The fourth-order valence-corrected chi connectivity index (χ4v) is 2.70. The molecule has 0 unspecified atom stereocenters. The van der Waals surface area contributed by atoms with Gasteiger partial charge >= 0.3 is 0 Å². The molecular weight excluding hydrogens is 246 g/mol. The Hall–Kier alpha value is -1.45. The molecule has 0 fully saturated rings. The quantitative estimate of drug-likeness (QED) is 0.875. The molecule has 0 atom stereocenters. The van der Waals surface area contributed by atoms with Crippen LogP contribution >= 0.6 is 0 Å². The topological polar surface area (TPSA) is 28.2 Å². The molecule has 0 saturated carbocycles. The monoisotopic (exact) mass is 271 g/mol. The summed E-state index contributed by atoms with van der Waals surface area (Å²) >= 11 is 0. The average Bonchev–Trinajstić information content (AvgIpc) is 2.37. The van der Waals surface area contributed by atoms with E-state index in [1.807, 2.05) is 12.4 Å². The van der Waals surface area contributed by atoms with E-state index in [1.165, 1.54) is 16.3 Å². The second kappa shape index (κ2) is 6.33. The zero-order valence-corrected chi connectivity index (χ0v) is 13.0. The van der Waals surface area contributed by atoms with Crippen molar-refractivity contribution in [1.29, 1.82) is 0 Å². The van der Waals surface area contributed by atoms with Crippen LogP contribution in [0.15, 0.2) is 36.7 Å². The summed E-state index contributed by atoms with van der Waals surface area (Å²) in [6.45, 7) is 7.61. The fraction of sp³-hybridized carbons (Fsp3) is 0.471. The molecule has 2 rings (SSSR count). The summed E-state index contributed by atoms with van der Waals surface area (Å²) in [6.07, 6.45) is 3.76. The summed E-state index contributed by atoms with van der Waals surface area (Å²) in [7, 11) is 4.25. The molecule has 3 heteroatoms. The van der Waals surface area contributed by atoms with Crippen molar-refractivity contribution in [2.24, 2.45) is 5.41 Å². The zero-order chi connectivity index (χ0) is 14.6. The van der Waals surface area contributed by atoms with Crippen LogP contribution in [0.1, 0.15) is 19.4 Å². The van der Waals surface area contributed by atoms with Crippen molar-refractivity contribution in [3.05, 3.63) is 42.2 Å². The summed E-state index contributed by atoms with van der Waals surface area (Å²) in [5.74, 6) is 0. The third-order valence-electron chi connectivity index (χ3n) is 3.38. The molecule has 2 aromatic rings. The normalized spacial score (nSPS) is 12.2. The van der Waals surface area contributed by atoms with Gasteiger partial charge in [-0.3, -0.25) is 4.98 Å². The van der Waals surface area contributed by atoms with Crippen LogP contribution in [0, 0.1) is 5.41 Å². The molecular formula is C17H25N3. The van der Waals surface area contributed by atoms with Crippen LogP contribution in [0.3, 0.4) is 0 Å². The van der Waals surface area contributed by atoms with Crippen LogP contribution in [-0.2, 0) is 6.54 Å². The van der Waals surface area contributed by atoms with E-state index < -0.39 is 0 Å². The first-order valence-electron chi connectivity index (χ1n) is 7.14. The van der Waals surface area contributed by atoms with E-state index in [9.17, 15) is 0 Å². The fourth-order valence-electron chi connectivity index (χ4n) is 2.70. The molecule has 0 spiro atoms. The van der Waals surface area contributed by atoms with Gasteiger partial charge in [0.25, 0.3) is 0 Å². The molecule has 0 radical (unpaired) electrons. The highest BCUT2D eigenvalue weighted by Crippen LogP contribution is 2.16. The first-order chi connectivity index (χ1) is 9.46. The predicted octanol–water partition coefficient (Wildman–Crippen LogP) is 2.91. The first-order valence-corrected chi connectivity index (χ1v) is 7.14. The van der Waals surface area contributed by atoms with E-state index in [4.69, 9.17) is 0 Å². The minimum absolute atomic E-state index is 0.282. The Morgan fingerprint density at radius 1 is 1.15 bits per heavy atom. The van der Waals surface area contributed by atoms with Gasteiger partial charge in [-0.1, -0.05) is 26.0 Å². The lowest BCUT2D eigenvalue weighted by atomic mass is 9.93. The van der Waals surface area contributed by atoms with Crippen molar-refractivity contribution in [2.45, 2.75) is 20.4 Å². The molecule has 1 aromatic carbocycles. The molecule has 0 bridgehead atoms. The van der Waals surface area contributed by atoms with Crippen LogP contribution in [0.2, 0.25) is 0 Å². The first kappa shape index (κ1) is 14.9. The Kier molecular flexibility index (Phi) is 4.73. The lowest BCUT2D eigenvalue weighted by Crippen LogP contribution is -2.37. The van der Waals surface area contributed by atoms with E-state index in [0.29, 0.717) is 0 Å². The predicted molar refractivity (Wildman–Crippen MR) is 85.8 cm³/mol. The number of fused-ring (bicyclic) bond motifs is 1. The van der Waals surface area contributed by atoms with Gasteiger partial charge in [0.05, 0.1) is 0 Å². The van der Waals surface area contributed by atoms with E-state index in [1.54, 1.807) is 0 Å². The molecule has 0 amide bonds. The summed E-state index contributed by atoms with van der Waals surface area (Å²) in [4.78, 5) is 6.39. The zero-order valence-electron chi connectivity index (χ0n) is 13.0. The molecule has 1 N–H and O–H groups in total. The van der Waals surface area contributed by atoms with Gasteiger partial charge in [0.2, 0.25) is 0 Å². The maximum absolute atomic E-state index is 4.14. The number of hydrogen-bond donors (Lipinski definition) is 1. The largest absolute Gasteiger partial charge is 0.312 e. The van der Waals surface area contributed by atoms with Gasteiger partial charge in [-0.05, 0) is 42.6 Å². The van der Waals surface area contributed by atoms with Gasteiger partial charge in [0, 0.05) is 37.4 Å². The molecule has 0 aliphatic carbocycles. The van der Waals surface area contributed by atoms with Crippen molar-refractivity contribution < 1.29 is 0 Å². The van der Waals surface area contributed by atoms with E-state index >= 15 is 0 Å². The van der Waals surface area contributed by atoms with Gasteiger partial charge < -0.3 is 10.2 Å². The number of aromatic nitrogens is 1. The van der Waals surface area contributed by atoms with Gasteiger partial charge in [0.15, 0.2) is 0 Å². The van der Waals surface area contributed by atoms with E-state index in [2.05, 4.69) is 67.4 Å². The highest BCUT2D eigenvalue weighted by Gasteiger charge is 2.17. The van der Waals surface area contributed by atoms with Crippen molar-refractivity contribution in [2.75, 3.05) is 27.2 Å².